The maximum absolute atomic E-state index is 9.79. The molecule has 0 radical (unpaired) electrons. The lowest BCUT2D eigenvalue weighted by molar-refractivity contribution is 0.0975. The summed E-state index contributed by atoms with van der Waals surface area (Å²) >= 11 is 0. The molecule has 0 spiro atoms. The molecule has 0 aliphatic heterocycles. The van der Waals surface area contributed by atoms with E-state index in [1.54, 1.807) is 0 Å². The van der Waals surface area contributed by atoms with E-state index < -0.39 is 0 Å². The summed E-state index contributed by atoms with van der Waals surface area (Å²) < 4.78 is 0. The van der Waals surface area contributed by atoms with Crippen LogP contribution in [0, 0.1) is 5.92 Å². The van der Waals surface area contributed by atoms with E-state index in [2.05, 4.69) is 17.5 Å². The number of halogens is 1. The van der Waals surface area contributed by atoms with E-state index in [4.69, 9.17) is 0 Å². The molecule has 0 heterocycles. The van der Waals surface area contributed by atoms with Gasteiger partial charge in [-0.15, -0.1) is 12.4 Å². The second kappa shape index (κ2) is 6.19. The van der Waals surface area contributed by atoms with Crippen LogP contribution in [0.3, 0.4) is 0 Å². The topological polar surface area (TPSA) is 32.3 Å². The molecule has 0 saturated carbocycles. The molecule has 3 atom stereocenters. The summed E-state index contributed by atoms with van der Waals surface area (Å²) in [5.74, 6) is 0.275. The van der Waals surface area contributed by atoms with Crippen molar-refractivity contribution >= 4 is 12.4 Å². The fourth-order valence-electron chi connectivity index (χ4n) is 1.39. The predicted octanol–water partition coefficient (Wildman–Crippen LogP) is 1.51. The van der Waals surface area contributed by atoms with Gasteiger partial charge in [-0.3, -0.25) is 0 Å². The SMILES string of the molecule is CN[C@@H](C)[C@@H](O)C1C=CC=CC1.Cl. The lowest BCUT2D eigenvalue weighted by Crippen LogP contribution is -2.39. The van der Waals surface area contributed by atoms with Gasteiger partial charge in [0.05, 0.1) is 6.10 Å². The summed E-state index contributed by atoms with van der Waals surface area (Å²) in [6, 6.07) is 0.158. The minimum absolute atomic E-state index is 0. The van der Waals surface area contributed by atoms with Crippen molar-refractivity contribution in [3.8, 4) is 0 Å². The number of nitrogens with one attached hydrogen (secondary N) is 1. The first-order valence-corrected chi connectivity index (χ1v) is 4.44. The minimum Gasteiger partial charge on any atom is -0.391 e. The number of hydrogen-bond donors (Lipinski definition) is 2. The van der Waals surface area contributed by atoms with Gasteiger partial charge in [0.25, 0.3) is 0 Å². The van der Waals surface area contributed by atoms with Crippen LogP contribution < -0.4 is 5.32 Å². The van der Waals surface area contributed by atoms with Gasteiger partial charge in [-0.25, -0.2) is 0 Å². The van der Waals surface area contributed by atoms with Crippen molar-refractivity contribution in [2.45, 2.75) is 25.5 Å². The Bertz CT molecular complexity index is 191. The van der Waals surface area contributed by atoms with Gasteiger partial charge in [0, 0.05) is 12.0 Å². The molecule has 2 N–H and O–H groups in total. The highest BCUT2D eigenvalue weighted by molar-refractivity contribution is 5.85. The van der Waals surface area contributed by atoms with E-state index in [1.165, 1.54) is 0 Å². The summed E-state index contributed by atoms with van der Waals surface area (Å²) in [6.07, 6.45) is 8.85. The third-order valence-electron chi connectivity index (χ3n) is 2.42. The minimum atomic E-state index is -0.281. The van der Waals surface area contributed by atoms with Gasteiger partial charge in [-0.1, -0.05) is 24.3 Å². The molecule has 1 aliphatic carbocycles. The summed E-state index contributed by atoms with van der Waals surface area (Å²) in [7, 11) is 1.87. The van der Waals surface area contributed by atoms with E-state index in [0.29, 0.717) is 0 Å². The standard InChI is InChI=1S/C10H17NO.ClH/c1-8(11-2)10(12)9-6-4-3-5-7-9;/h3-6,8-12H,7H2,1-2H3;1H/t8-,9?,10+;/m0./s1. The molecule has 0 bridgehead atoms. The molecule has 0 aromatic carbocycles. The Morgan fingerprint density at radius 3 is 2.62 bits per heavy atom. The Labute approximate surface area is 86.1 Å². The van der Waals surface area contributed by atoms with Gasteiger partial charge >= 0.3 is 0 Å². The van der Waals surface area contributed by atoms with E-state index in [9.17, 15) is 5.11 Å². The van der Waals surface area contributed by atoms with Crippen LogP contribution in [0.2, 0.25) is 0 Å². The molecule has 1 aliphatic rings. The molecule has 3 heteroatoms. The molecule has 0 aromatic heterocycles. The maximum atomic E-state index is 9.79. The highest BCUT2D eigenvalue weighted by atomic mass is 35.5. The maximum Gasteiger partial charge on any atom is 0.0755 e. The molecule has 2 nitrogen and oxygen atoms in total. The lowest BCUT2D eigenvalue weighted by atomic mass is 9.91. The molecule has 0 amide bonds. The van der Waals surface area contributed by atoms with Gasteiger partial charge in [-0.05, 0) is 20.4 Å². The number of aliphatic hydroxyl groups excluding tert-OH is 1. The van der Waals surface area contributed by atoms with Crippen molar-refractivity contribution in [2.24, 2.45) is 5.92 Å². The van der Waals surface area contributed by atoms with Crippen molar-refractivity contribution in [1.29, 1.82) is 0 Å². The lowest BCUT2D eigenvalue weighted by Gasteiger charge is -2.25. The number of allylic oxidation sites excluding steroid dienone is 3. The number of rotatable bonds is 3. The molecule has 1 unspecified atom stereocenters. The van der Waals surface area contributed by atoms with Crippen LogP contribution in [0.4, 0.5) is 0 Å². The van der Waals surface area contributed by atoms with Gasteiger partial charge in [0.15, 0.2) is 0 Å². The van der Waals surface area contributed by atoms with Crippen LogP contribution >= 0.6 is 12.4 Å². The summed E-state index contributed by atoms with van der Waals surface area (Å²) in [5, 5.41) is 12.8. The highest BCUT2D eigenvalue weighted by Crippen LogP contribution is 2.17. The van der Waals surface area contributed by atoms with Crippen LogP contribution in [-0.2, 0) is 0 Å². The van der Waals surface area contributed by atoms with E-state index in [-0.39, 0.29) is 30.5 Å². The van der Waals surface area contributed by atoms with Gasteiger partial charge < -0.3 is 10.4 Å². The molecule has 1 rings (SSSR count). The average Bonchev–Trinajstić information content (AvgIpc) is 2.17. The zero-order valence-corrected chi connectivity index (χ0v) is 8.92. The van der Waals surface area contributed by atoms with Crippen molar-refractivity contribution < 1.29 is 5.11 Å². The molecule has 0 fully saturated rings. The number of hydrogen-bond acceptors (Lipinski definition) is 2. The summed E-state index contributed by atoms with van der Waals surface area (Å²) in [5.41, 5.74) is 0. The Morgan fingerprint density at radius 1 is 1.46 bits per heavy atom. The summed E-state index contributed by atoms with van der Waals surface area (Å²) in [6.45, 7) is 2.00. The van der Waals surface area contributed by atoms with Crippen molar-refractivity contribution in [3.63, 3.8) is 0 Å². The highest BCUT2D eigenvalue weighted by Gasteiger charge is 2.21. The van der Waals surface area contributed by atoms with Gasteiger partial charge in [0.2, 0.25) is 0 Å². The fraction of sp³-hybridized carbons (Fsp3) is 0.600. The van der Waals surface area contributed by atoms with Crippen LogP contribution in [0.1, 0.15) is 13.3 Å². The van der Waals surface area contributed by atoms with Crippen LogP contribution in [0.15, 0.2) is 24.3 Å². The Balaban J connectivity index is 0.00000144. The van der Waals surface area contributed by atoms with Crippen LogP contribution in [0.5, 0.6) is 0 Å². The predicted molar refractivity (Wildman–Crippen MR) is 58.2 cm³/mol. The number of aliphatic hydroxyl groups is 1. The third-order valence-corrected chi connectivity index (χ3v) is 2.42. The van der Waals surface area contributed by atoms with Gasteiger partial charge in [0.1, 0.15) is 0 Å². The van der Waals surface area contributed by atoms with E-state index >= 15 is 0 Å². The third kappa shape index (κ3) is 3.51. The molecule has 0 saturated heterocycles. The first-order chi connectivity index (χ1) is 5.75. The fourth-order valence-corrected chi connectivity index (χ4v) is 1.39. The number of likely N-dealkylation sites (N-methyl/N-ethyl adjacent to an activating group) is 1. The van der Waals surface area contributed by atoms with Crippen molar-refractivity contribution in [3.05, 3.63) is 24.3 Å². The van der Waals surface area contributed by atoms with E-state index in [0.717, 1.165) is 6.42 Å². The molecule has 13 heavy (non-hydrogen) atoms. The Hall–Kier alpha value is -0.310. The van der Waals surface area contributed by atoms with Crippen molar-refractivity contribution in [2.75, 3.05) is 7.05 Å². The van der Waals surface area contributed by atoms with Gasteiger partial charge in [-0.2, -0.15) is 0 Å². The second-order valence-electron chi connectivity index (χ2n) is 3.28. The molecular formula is C10H18ClNO. The summed E-state index contributed by atoms with van der Waals surface area (Å²) in [4.78, 5) is 0. The smallest absolute Gasteiger partial charge is 0.0755 e. The average molecular weight is 204 g/mol. The van der Waals surface area contributed by atoms with Crippen LogP contribution in [0.25, 0.3) is 0 Å². The Kier molecular flexibility index (Phi) is 6.04. The second-order valence-corrected chi connectivity index (χ2v) is 3.28. The largest absolute Gasteiger partial charge is 0.391 e. The zero-order chi connectivity index (χ0) is 8.97. The Morgan fingerprint density at radius 2 is 2.15 bits per heavy atom. The van der Waals surface area contributed by atoms with E-state index in [1.807, 2.05) is 26.1 Å². The molecular weight excluding hydrogens is 186 g/mol. The molecule has 76 valence electrons. The zero-order valence-electron chi connectivity index (χ0n) is 8.10. The molecule has 0 aromatic rings. The van der Waals surface area contributed by atoms with Crippen molar-refractivity contribution in [1.82, 2.24) is 5.32 Å². The van der Waals surface area contributed by atoms with Crippen LogP contribution in [-0.4, -0.2) is 24.3 Å². The first-order valence-electron chi connectivity index (χ1n) is 4.44. The first kappa shape index (κ1) is 12.7. The monoisotopic (exact) mass is 203 g/mol. The quantitative estimate of drug-likeness (QED) is 0.729. The normalized spacial score (nSPS) is 25.0.